The van der Waals surface area contributed by atoms with Crippen LogP contribution in [-0.2, 0) is 16.0 Å². The van der Waals surface area contributed by atoms with Crippen molar-refractivity contribution in [1.29, 1.82) is 0 Å². The molecule has 108 valence electrons. The first-order valence-corrected chi connectivity index (χ1v) is 6.69. The zero-order valence-electron chi connectivity index (χ0n) is 11.1. The van der Waals surface area contributed by atoms with E-state index in [0.29, 0.717) is 6.42 Å². The molecule has 3 rings (SSSR count). The van der Waals surface area contributed by atoms with Crippen LogP contribution in [0.15, 0.2) is 18.2 Å². The third kappa shape index (κ3) is 3.11. The Kier molecular flexibility index (Phi) is 4.62. The van der Waals surface area contributed by atoms with Crippen LogP contribution in [0.1, 0.15) is 24.8 Å². The van der Waals surface area contributed by atoms with Crippen LogP contribution in [0.25, 0.3) is 0 Å². The van der Waals surface area contributed by atoms with Crippen molar-refractivity contribution in [2.24, 2.45) is 0 Å². The molecule has 0 aliphatic carbocycles. The maximum Gasteiger partial charge on any atom is 0.241 e. The van der Waals surface area contributed by atoms with Gasteiger partial charge in [-0.3, -0.25) is 9.59 Å². The highest BCUT2D eigenvalue weighted by Crippen LogP contribution is 2.25. The van der Waals surface area contributed by atoms with Crippen LogP contribution in [-0.4, -0.2) is 24.4 Å². The Balaban J connectivity index is 0.00000147. The zero-order valence-corrected chi connectivity index (χ0v) is 11.9. The smallest absolute Gasteiger partial charge is 0.241 e. The van der Waals surface area contributed by atoms with Gasteiger partial charge in [0, 0.05) is 17.8 Å². The minimum Gasteiger partial charge on any atom is -0.326 e. The van der Waals surface area contributed by atoms with Crippen molar-refractivity contribution in [3.05, 3.63) is 23.8 Å². The van der Waals surface area contributed by atoms with Gasteiger partial charge in [-0.05, 0) is 49.6 Å². The summed E-state index contributed by atoms with van der Waals surface area (Å²) in [6, 6.07) is 5.55. The van der Waals surface area contributed by atoms with Crippen molar-refractivity contribution in [3.8, 4) is 0 Å². The highest BCUT2D eigenvalue weighted by Gasteiger charge is 2.22. The highest BCUT2D eigenvalue weighted by molar-refractivity contribution is 5.97. The number of rotatable bonds is 2. The van der Waals surface area contributed by atoms with Gasteiger partial charge in [-0.25, -0.2) is 0 Å². The monoisotopic (exact) mass is 295 g/mol. The molecule has 0 radical (unpaired) electrons. The van der Waals surface area contributed by atoms with E-state index < -0.39 is 0 Å². The number of hydrogen-bond acceptors (Lipinski definition) is 3. The van der Waals surface area contributed by atoms with Gasteiger partial charge in [0.25, 0.3) is 0 Å². The minimum atomic E-state index is -0.0734. The molecule has 2 aliphatic rings. The topological polar surface area (TPSA) is 70.2 Å². The number of amides is 2. The second-order valence-corrected chi connectivity index (χ2v) is 5.06. The molecule has 3 N–H and O–H groups in total. The summed E-state index contributed by atoms with van der Waals surface area (Å²) in [5.41, 5.74) is 2.73. The normalized spacial score (nSPS) is 20.6. The summed E-state index contributed by atoms with van der Waals surface area (Å²) in [5, 5.41) is 8.94. The Morgan fingerprint density at radius 3 is 2.90 bits per heavy atom. The fourth-order valence-electron chi connectivity index (χ4n) is 2.60. The van der Waals surface area contributed by atoms with Gasteiger partial charge in [0.05, 0.1) is 6.04 Å². The number of aryl methyl sites for hydroxylation is 1. The van der Waals surface area contributed by atoms with E-state index in [4.69, 9.17) is 0 Å². The fourth-order valence-corrected chi connectivity index (χ4v) is 2.60. The maximum atomic E-state index is 12.0. The molecule has 20 heavy (non-hydrogen) atoms. The van der Waals surface area contributed by atoms with Crippen LogP contribution >= 0.6 is 12.4 Å². The van der Waals surface area contributed by atoms with Crippen LogP contribution < -0.4 is 16.0 Å². The summed E-state index contributed by atoms with van der Waals surface area (Å²) in [5.74, 6) is 0.0803. The molecule has 6 heteroatoms. The second-order valence-electron chi connectivity index (χ2n) is 5.06. The van der Waals surface area contributed by atoms with Crippen molar-refractivity contribution in [2.75, 3.05) is 17.2 Å². The molecule has 1 saturated heterocycles. The predicted molar refractivity (Wildman–Crippen MR) is 80.3 cm³/mol. The summed E-state index contributed by atoms with van der Waals surface area (Å²) in [4.78, 5) is 23.3. The minimum absolute atomic E-state index is 0. The lowest BCUT2D eigenvalue weighted by Crippen LogP contribution is -2.35. The van der Waals surface area contributed by atoms with Gasteiger partial charge in [-0.2, -0.15) is 0 Å². The number of benzene rings is 1. The van der Waals surface area contributed by atoms with Crippen LogP contribution in [0, 0.1) is 0 Å². The van der Waals surface area contributed by atoms with Crippen molar-refractivity contribution < 1.29 is 9.59 Å². The van der Waals surface area contributed by atoms with Crippen LogP contribution in [0.2, 0.25) is 0 Å². The molecule has 2 heterocycles. The van der Waals surface area contributed by atoms with E-state index in [9.17, 15) is 9.59 Å². The molecule has 1 aromatic carbocycles. The summed E-state index contributed by atoms with van der Waals surface area (Å²) < 4.78 is 0. The van der Waals surface area contributed by atoms with E-state index >= 15 is 0 Å². The molecular formula is C14H18ClN3O2. The second kappa shape index (κ2) is 6.24. The lowest BCUT2D eigenvalue weighted by Gasteiger charge is -2.18. The molecule has 2 amide bonds. The van der Waals surface area contributed by atoms with Crippen molar-refractivity contribution in [1.82, 2.24) is 5.32 Å². The molecule has 0 spiro atoms. The number of fused-ring (bicyclic) bond motifs is 1. The molecule has 1 atom stereocenters. The Morgan fingerprint density at radius 2 is 2.15 bits per heavy atom. The van der Waals surface area contributed by atoms with E-state index in [2.05, 4.69) is 16.0 Å². The number of carbonyl (C=O) groups excluding carboxylic acids is 2. The van der Waals surface area contributed by atoms with E-state index in [0.717, 1.165) is 42.7 Å². The first-order valence-electron chi connectivity index (χ1n) is 6.69. The summed E-state index contributed by atoms with van der Waals surface area (Å²) >= 11 is 0. The van der Waals surface area contributed by atoms with E-state index in [1.807, 2.05) is 18.2 Å². The van der Waals surface area contributed by atoms with Gasteiger partial charge < -0.3 is 16.0 Å². The van der Waals surface area contributed by atoms with E-state index in [1.165, 1.54) is 0 Å². The van der Waals surface area contributed by atoms with Gasteiger partial charge >= 0.3 is 0 Å². The fraction of sp³-hybridized carbons (Fsp3) is 0.429. The standard InChI is InChI=1S/C14H17N3O2.ClH/c18-13-6-3-9-8-10(4-5-11(9)17-13)16-14(19)12-2-1-7-15-12;/h4-5,8,12,15H,1-3,6-7H2,(H,16,19)(H,17,18);1H/t12-;/m0./s1. The molecule has 5 nitrogen and oxygen atoms in total. The number of carbonyl (C=O) groups is 2. The highest BCUT2D eigenvalue weighted by atomic mass is 35.5. The zero-order chi connectivity index (χ0) is 13.2. The summed E-state index contributed by atoms with van der Waals surface area (Å²) in [7, 11) is 0. The van der Waals surface area contributed by atoms with Crippen LogP contribution in [0.3, 0.4) is 0 Å². The molecular weight excluding hydrogens is 278 g/mol. The summed E-state index contributed by atoms with van der Waals surface area (Å²) in [6.45, 7) is 0.911. The predicted octanol–water partition coefficient (Wildman–Crippen LogP) is 1.68. The van der Waals surface area contributed by atoms with Crippen LogP contribution in [0.5, 0.6) is 0 Å². The van der Waals surface area contributed by atoms with Gasteiger partial charge in [-0.15, -0.1) is 12.4 Å². The van der Waals surface area contributed by atoms with Crippen molar-refractivity contribution in [2.45, 2.75) is 31.7 Å². The van der Waals surface area contributed by atoms with E-state index in [1.54, 1.807) is 0 Å². The largest absolute Gasteiger partial charge is 0.326 e. The Bertz CT molecular complexity index is 527. The molecule has 0 bridgehead atoms. The first-order chi connectivity index (χ1) is 9.22. The van der Waals surface area contributed by atoms with Gasteiger partial charge in [0.15, 0.2) is 0 Å². The average Bonchev–Trinajstić information content (AvgIpc) is 2.93. The van der Waals surface area contributed by atoms with Gasteiger partial charge in [0.1, 0.15) is 0 Å². The number of halogens is 1. The van der Waals surface area contributed by atoms with Crippen molar-refractivity contribution in [3.63, 3.8) is 0 Å². The number of nitrogens with one attached hydrogen (secondary N) is 3. The lowest BCUT2D eigenvalue weighted by molar-refractivity contribution is -0.118. The Labute approximate surface area is 123 Å². The maximum absolute atomic E-state index is 12.0. The molecule has 0 unspecified atom stereocenters. The molecule has 0 aromatic heterocycles. The van der Waals surface area contributed by atoms with Crippen LogP contribution in [0.4, 0.5) is 11.4 Å². The lowest BCUT2D eigenvalue weighted by atomic mass is 10.0. The number of hydrogen-bond donors (Lipinski definition) is 3. The Morgan fingerprint density at radius 1 is 1.30 bits per heavy atom. The van der Waals surface area contributed by atoms with Gasteiger partial charge in [-0.1, -0.05) is 0 Å². The SMILES string of the molecule is Cl.O=C1CCc2cc(NC(=O)[C@@H]3CCCN3)ccc2N1. The van der Waals surface area contributed by atoms with Crippen molar-refractivity contribution >= 4 is 35.6 Å². The molecule has 1 aromatic rings. The quantitative estimate of drug-likeness (QED) is 0.777. The third-order valence-corrected chi connectivity index (χ3v) is 3.65. The Hall–Kier alpha value is -1.59. The molecule has 1 fully saturated rings. The molecule has 2 aliphatic heterocycles. The first kappa shape index (κ1) is 14.8. The molecule has 0 saturated carbocycles. The number of anilines is 2. The van der Waals surface area contributed by atoms with E-state index in [-0.39, 0.29) is 30.3 Å². The average molecular weight is 296 g/mol. The summed E-state index contributed by atoms with van der Waals surface area (Å²) in [6.07, 6.45) is 3.18. The third-order valence-electron chi connectivity index (χ3n) is 3.65. The van der Waals surface area contributed by atoms with Gasteiger partial charge in [0.2, 0.25) is 11.8 Å².